The number of benzene rings is 1. The molecule has 1 saturated heterocycles. The third kappa shape index (κ3) is 5.76. The van der Waals surface area contributed by atoms with Gasteiger partial charge in [-0.25, -0.2) is 9.97 Å². The number of hydrogen-bond donors (Lipinski definition) is 1. The van der Waals surface area contributed by atoms with E-state index >= 15 is 0 Å². The first kappa shape index (κ1) is 25.0. The smallest absolute Gasteiger partial charge is 0.342 e. The Bertz CT molecular complexity index is 1230. The van der Waals surface area contributed by atoms with Gasteiger partial charge < -0.3 is 10.2 Å². The van der Waals surface area contributed by atoms with Gasteiger partial charge in [0.25, 0.3) is 11.8 Å². The molecule has 1 unspecified atom stereocenters. The first-order valence-electron chi connectivity index (χ1n) is 10.6. The van der Waals surface area contributed by atoms with E-state index in [1.54, 1.807) is 35.7 Å². The summed E-state index contributed by atoms with van der Waals surface area (Å²) in [4.78, 5) is 35.6. The van der Waals surface area contributed by atoms with Gasteiger partial charge in [0.05, 0.1) is 17.2 Å². The minimum Gasteiger partial charge on any atom is -0.342 e. The lowest BCUT2D eigenvalue weighted by Gasteiger charge is -2.26. The fourth-order valence-corrected chi connectivity index (χ4v) is 4.68. The van der Waals surface area contributed by atoms with Crippen LogP contribution in [0.15, 0.2) is 42.9 Å². The van der Waals surface area contributed by atoms with Gasteiger partial charge in [-0.3, -0.25) is 9.59 Å². The highest BCUT2D eigenvalue weighted by Crippen LogP contribution is 2.32. The van der Waals surface area contributed by atoms with Gasteiger partial charge in [0, 0.05) is 41.4 Å². The van der Waals surface area contributed by atoms with Crippen LogP contribution in [0.3, 0.4) is 0 Å². The maximum atomic E-state index is 13.1. The van der Waals surface area contributed by atoms with Gasteiger partial charge in [0.2, 0.25) is 0 Å². The Balaban J connectivity index is 1.50. The molecule has 1 aliphatic heterocycles. The van der Waals surface area contributed by atoms with Crippen LogP contribution < -0.4 is 5.32 Å². The molecule has 1 N–H and O–H groups in total. The molecule has 0 bridgehead atoms. The average molecular weight is 525 g/mol. The molecule has 1 fully saturated rings. The molecular weight excluding hydrogens is 505 g/mol. The Hall–Kier alpha value is -3.12. The second-order valence-electron chi connectivity index (χ2n) is 7.76. The van der Waals surface area contributed by atoms with E-state index in [1.165, 1.54) is 17.2 Å². The van der Waals surface area contributed by atoms with Crippen molar-refractivity contribution in [2.75, 3.05) is 24.6 Å². The fourth-order valence-electron chi connectivity index (χ4n) is 3.54. The van der Waals surface area contributed by atoms with Crippen molar-refractivity contribution in [2.24, 2.45) is 0 Å². The topological polar surface area (TPSA) is 93.0 Å². The van der Waals surface area contributed by atoms with Crippen molar-refractivity contribution in [3.63, 3.8) is 0 Å². The molecule has 0 radical (unpaired) electrons. The van der Waals surface area contributed by atoms with Crippen LogP contribution in [-0.4, -0.2) is 61.1 Å². The van der Waals surface area contributed by atoms with Gasteiger partial charge in [0.1, 0.15) is 6.33 Å². The Morgan fingerprint density at radius 2 is 1.86 bits per heavy atom. The van der Waals surface area contributed by atoms with Crippen LogP contribution >= 0.6 is 23.4 Å². The van der Waals surface area contributed by atoms with Crippen LogP contribution in [0.2, 0.25) is 5.02 Å². The number of carbonyl (C=O) groups is 2. The van der Waals surface area contributed by atoms with E-state index in [-0.39, 0.29) is 16.5 Å². The minimum atomic E-state index is -4.64. The van der Waals surface area contributed by atoms with Crippen LogP contribution in [0, 0.1) is 0 Å². The molecule has 184 valence electrons. The zero-order valence-corrected chi connectivity index (χ0v) is 20.0. The first-order valence-corrected chi connectivity index (χ1v) is 12.1. The highest BCUT2D eigenvalue weighted by molar-refractivity contribution is 7.99. The number of amides is 2. The van der Waals surface area contributed by atoms with Crippen LogP contribution in [-0.2, 0) is 6.18 Å². The maximum Gasteiger partial charge on any atom is 0.416 e. The number of aromatic nitrogens is 4. The second-order valence-corrected chi connectivity index (χ2v) is 9.42. The van der Waals surface area contributed by atoms with Crippen molar-refractivity contribution in [2.45, 2.75) is 19.1 Å². The number of hydrogen-bond acceptors (Lipinski definition) is 6. The summed E-state index contributed by atoms with van der Waals surface area (Å²) in [5, 5.41) is 6.54. The normalized spacial score (nSPS) is 15.1. The number of nitrogens with one attached hydrogen (secondary N) is 1. The van der Waals surface area contributed by atoms with E-state index in [1.807, 2.05) is 0 Å². The number of thioether (sulfide) groups is 1. The van der Waals surface area contributed by atoms with E-state index in [0.29, 0.717) is 30.3 Å². The van der Waals surface area contributed by atoms with E-state index in [9.17, 15) is 22.8 Å². The van der Waals surface area contributed by atoms with Gasteiger partial charge in [-0.2, -0.15) is 34.7 Å². The molecule has 8 nitrogen and oxygen atoms in total. The fraction of sp³-hybridized carbons (Fsp3) is 0.318. The summed E-state index contributed by atoms with van der Waals surface area (Å²) >= 11 is 7.59. The summed E-state index contributed by atoms with van der Waals surface area (Å²) in [6.07, 6.45) is -1.91. The summed E-state index contributed by atoms with van der Waals surface area (Å²) in [5.74, 6) is 1.62. The monoisotopic (exact) mass is 524 g/mol. The Morgan fingerprint density at radius 1 is 1.11 bits per heavy atom. The molecule has 35 heavy (non-hydrogen) atoms. The van der Waals surface area contributed by atoms with E-state index < -0.39 is 23.7 Å². The molecule has 0 aliphatic carbocycles. The summed E-state index contributed by atoms with van der Waals surface area (Å²) in [7, 11) is 0. The number of halogens is 4. The third-order valence-electron chi connectivity index (χ3n) is 5.31. The van der Waals surface area contributed by atoms with Gasteiger partial charge in [-0.05, 0) is 37.3 Å². The minimum absolute atomic E-state index is 0.0939. The zero-order valence-electron chi connectivity index (χ0n) is 18.4. The van der Waals surface area contributed by atoms with Crippen molar-refractivity contribution in [3.8, 4) is 5.82 Å². The van der Waals surface area contributed by atoms with Gasteiger partial charge >= 0.3 is 6.18 Å². The van der Waals surface area contributed by atoms with E-state index in [4.69, 9.17) is 11.6 Å². The molecule has 0 saturated carbocycles. The van der Waals surface area contributed by atoms with Crippen molar-refractivity contribution >= 4 is 35.2 Å². The number of carbonyl (C=O) groups excluding carboxylic acids is 2. The summed E-state index contributed by atoms with van der Waals surface area (Å²) in [5.41, 5.74) is -0.807. The van der Waals surface area contributed by atoms with Crippen molar-refractivity contribution < 1.29 is 22.8 Å². The lowest BCUT2D eigenvalue weighted by atomic mass is 10.1. The summed E-state index contributed by atoms with van der Waals surface area (Å²) in [6, 6.07) is 5.17. The third-order valence-corrected chi connectivity index (χ3v) is 6.47. The predicted molar refractivity (Wildman–Crippen MR) is 125 cm³/mol. The molecule has 2 amide bonds. The van der Waals surface area contributed by atoms with E-state index in [0.717, 1.165) is 29.7 Å². The predicted octanol–water partition coefficient (Wildman–Crippen LogP) is 4.01. The van der Waals surface area contributed by atoms with E-state index in [2.05, 4.69) is 20.4 Å². The number of alkyl halides is 3. The van der Waals surface area contributed by atoms with Crippen LogP contribution in [0.25, 0.3) is 5.82 Å². The highest BCUT2D eigenvalue weighted by Gasteiger charge is 2.32. The van der Waals surface area contributed by atoms with Gasteiger partial charge in [-0.15, -0.1) is 0 Å². The van der Waals surface area contributed by atoms with Gasteiger partial charge in [-0.1, -0.05) is 11.6 Å². The second kappa shape index (κ2) is 10.2. The molecule has 4 rings (SSSR count). The maximum absolute atomic E-state index is 13.1. The summed E-state index contributed by atoms with van der Waals surface area (Å²) in [6.45, 7) is 2.99. The van der Waals surface area contributed by atoms with Crippen LogP contribution in [0.5, 0.6) is 0 Å². The Morgan fingerprint density at radius 3 is 2.51 bits per heavy atom. The van der Waals surface area contributed by atoms with Crippen molar-refractivity contribution in [1.82, 2.24) is 30.0 Å². The van der Waals surface area contributed by atoms with Crippen LogP contribution in [0.1, 0.15) is 45.1 Å². The van der Waals surface area contributed by atoms with Crippen molar-refractivity contribution in [3.05, 3.63) is 70.4 Å². The Labute approximate surface area is 207 Å². The lowest BCUT2D eigenvalue weighted by Crippen LogP contribution is -2.37. The molecule has 0 spiro atoms. The number of nitrogens with zero attached hydrogens (tertiary/aromatic N) is 5. The molecule has 1 atom stereocenters. The number of pyridine rings is 1. The van der Waals surface area contributed by atoms with Gasteiger partial charge in [0.15, 0.2) is 11.6 Å². The average Bonchev–Trinajstić information content (AvgIpc) is 3.33. The molecule has 13 heteroatoms. The van der Waals surface area contributed by atoms with Crippen LogP contribution in [0.4, 0.5) is 13.2 Å². The SMILES string of the molecule is CC(NC(=O)c1cc(Cl)cc(C(F)(F)F)c1)c1ncnn1-c1ccc(C(=O)N2CCSCC2)cn1. The Kier molecular flexibility index (Phi) is 7.31. The summed E-state index contributed by atoms with van der Waals surface area (Å²) < 4.78 is 40.6. The zero-order chi connectivity index (χ0) is 25.2. The first-order chi connectivity index (χ1) is 16.6. The standard InChI is InChI=1S/C22H20ClF3N6O2S/c1-13(30-20(33)15-8-16(22(24,25)26)10-17(23)9-15)19-28-12-29-32(19)18-3-2-14(11-27-18)21(34)31-4-6-35-7-5-31/h2-3,8-13H,4-7H2,1H3,(H,30,33). The molecule has 2 aromatic heterocycles. The van der Waals surface area contributed by atoms with Crippen molar-refractivity contribution in [1.29, 1.82) is 0 Å². The highest BCUT2D eigenvalue weighted by atomic mass is 35.5. The molecule has 3 heterocycles. The quantitative estimate of drug-likeness (QED) is 0.542. The lowest BCUT2D eigenvalue weighted by molar-refractivity contribution is -0.137. The molecule has 3 aromatic rings. The molecule has 1 aromatic carbocycles. The number of rotatable bonds is 5. The largest absolute Gasteiger partial charge is 0.416 e. The molecule has 1 aliphatic rings. The molecular formula is C22H20ClF3N6O2S.